The van der Waals surface area contributed by atoms with Gasteiger partial charge in [0.25, 0.3) is 0 Å². The molecule has 0 aromatic heterocycles. The van der Waals surface area contributed by atoms with Gasteiger partial charge in [0.05, 0.1) is 13.2 Å². The van der Waals surface area contributed by atoms with Crippen LogP contribution >= 0.6 is 0 Å². The highest BCUT2D eigenvalue weighted by atomic mass is 16.5. The third-order valence-corrected chi connectivity index (χ3v) is 4.35. The van der Waals surface area contributed by atoms with E-state index < -0.39 is 0 Å². The zero-order valence-electron chi connectivity index (χ0n) is 12.8. The summed E-state index contributed by atoms with van der Waals surface area (Å²) in [6, 6.07) is 4.39. The Kier molecular flexibility index (Phi) is 3.63. The molecule has 0 aliphatic carbocycles. The van der Waals surface area contributed by atoms with E-state index in [0.29, 0.717) is 19.1 Å². The molecule has 1 aromatic rings. The number of hydrogen-bond acceptors (Lipinski definition) is 3. The number of piperidine rings is 1. The molecule has 1 fully saturated rings. The number of fused-ring (bicyclic) bond motifs is 1. The minimum Gasteiger partial charge on any atom is -0.489 e. The van der Waals surface area contributed by atoms with Crippen LogP contribution in [0.4, 0.5) is 0 Å². The summed E-state index contributed by atoms with van der Waals surface area (Å²) in [4.78, 5) is 0. The summed E-state index contributed by atoms with van der Waals surface area (Å²) in [6.45, 7) is 10.2. The molecule has 20 heavy (non-hydrogen) atoms. The number of benzene rings is 1. The highest BCUT2D eigenvalue weighted by Crippen LogP contribution is 2.39. The standard InChI is InChI=1S/C17H25NO2/c1-12-8-15-16(20-11-17(2,3)10-19-15)9-14(12)13-4-6-18-7-5-13/h8-9,13,18H,4-7,10-11H2,1-3H3. The van der Waals surface area contributed by atoms with Crippen LogP contribution < -0.4 is 14.8 Å². The summed E-state index contributed by atoms with van der Waals surface area (Å²) in [6.07, 6.45) is 2.43. The van der Waals surface area contributed by atoms with E-state index in [4.69, 9.17) is 9.47 Å². The Labute approximate surface area is 121 Å². The largest absolute Gasteiger partial charge is 0.489 e. The summed E-state index contributed by atoms with van der Waals surface area (Å²) >= 11 is 0. The topological polar surface area (TPSA) is 30.5 Å². The van der Waals surface area contributed by atoms with E-state index in [-0.39, 0.29) is 5.41 Å². The molecule has 3 rings (SSSR count). The molecule has 0 bridgehead atoms. The van der Waals surface area contributed by atoms with Gasteiger partial charge in [0, 0.05) is 5.41 Å². The second kappa shape index (κ2) is 5.28. The van der Waals surface area contributed by atoms with Crippen molar-refractivity contribution in [2.45, 2.75) is 39.5 Å². The van der Waals surface area contributed by atoms with Crippen molar-refractivity contribution in [3.63, 3.8) is 0 Å². The van der Waals surface area contributed by atoms with Crippen molar-refractivity contribution in [1.82, 2.24) is 5.32 Å². The van der Waals surface area contributed by atoms with Gasteiger partial charge >= 0.3 is 0 Å². The summed E-state index contributed by atoms with van der Waals surface area (Å²) < 4.78 is 12.0. The maximum Gasteiger partial charge on any atom is 0.161 e. The molecule has 2 aliphatic heterocycles. The normalized spacial score (nSPS) is 22.4. The minimum absolute atomic E-state index is 0.0713. The molecule has 1 aromatic carbocycles. The second-order valence-electron chi connectivity index (χ2n) is 6.92. The fraction of sp³-hybridized carbons (Fsp3) is 0.647. The molecule has 3 nitrogen and oxygen atoms in total. The van der Waals surface area contributed by atoms with Crippen LogP contribution in [0, 0.1) is 12.3 Å². The van der Waals surface area contributed by atoms with E-state index in [2.05, 4.69) is 38.2 Å². The molecule has 0 atom stereocenters. The fourth-order valence-electron chi connectivity index (χ4n) is 3.06. The Bertz CT molecular complexity index is 490. The summed E-state index contributed by atoms with van der Waals surface area (Å²) in [5.74, 6) is 2.49. The van der Waals surface area contributed by atoms with Crippen LogP contribution in [0.2, 0.25) is 0 Å². The molecule has 1 saturated heterocycles. The van der Waals surface area contributed by atoms with Crippen molar-refractivity contribution >= 4 is 0 Å². The van der Waals surface area contributed by atoms with Gasteiger partial charge in [0.1, 0.15) is 0 Å². The Morgan fingerprint density at radius 3 is 2.30 bits per heavy atom. The Morgan fingerprint density at radius 1 is 1.05 bits per heavy atom. The van der Waals surface area contributed by atoms with E-state index in [1.807, 2.05) is 0 Å². The maximum atomic E-state index is 6.01. The molecular formula is C17H25NO2. The van der Waals surface area contributed by atoms with Gasteiger partial charge in [-0.3, -0.25) is 0 Å². The second-order valence-corrected chi connectivity index (χ2v) is 6.92. The summed E-state index contributed by atoms with van der Waals surface area (Å²) in [5, 5.41) is 3.43. The summed E-state index contributed by atoms with van der Waals surface area (Å²) in [7, 11) is 0. The molecule has 1 N–H and O–H groups in total. The number of nitrogens with one attached hydrogen (secondary N) is 1. The Morgan fingerprint density at radius 2 is 1.65 bits per heavy atom. The predicted octanol–water partition coefficient (Wildman–Crippen LogP) is 3.26. The summed E-state index contributed by atoms with van der Waals surface area (Å²) in [5.41, 5.74) is 2.84. The third-order valence-electron chi connectivity index (χ3n) is 4.35. The first-order valence-electron chi connectivity index (χ1n) is 7.66. The zero-order valence-corrected chi connectivity index (χ0v) is 12.8. The van der Waals surface area contributed by atoms with Crippen LogP contribution in [0.1, 0.15) is 43.7 Å². The molecule has 2 heterocycles. The average Bonchev–Trinajstić information content (AvgIpc) is 2.58. The molecule has 0 saturated carbocycles. The van der Waals surface area contributed by atoms with Crippen LogP contribution in [-0.2, 0) is 0 Å². The van der Waals surface area contributed by atoms with Crippen LogP contribution in [0.5, 0.6) is 11.5 Å². The van der Waals surface area contributed by atoms with Crippen molar-refractivity contribution < 1.29 is 9.47 Å². The maximum absolute atomic E-state index is 6.01. The van der Waals surface area contributed by atoms with Crippen LogP contribution in [0.15, 0.2) is 12.1 Å². The van der Waals surface area contributed by atoms with Crippen molar-refractivity contribution in [3.05, 3.63) is 23.3 Å². The molecule has 3 heteroatoms. The number of ether oxygens (including phenoxy) is 2. The third kappa shape index (κ3) is 2.78. The van der Waals surface area contributed by atoms with Gasteiger partial charge in [-0.15, -0.1) is 0 Å². The zero-order chi connectivity index (χ0) is 14.2. The molecule has 0 radical (unpaired) electrons. The van der Waals surface area contributed by atoms with Crippen LogP contribution in [0.3, 0.4) is 0 Å². The first kappa shape index (κ1) is 13.7. The SMILES string of the molecule is Cc1cc2c(cc1C1CCNCC1)OCC(C)(C)CO2. The number of hydrogen-bond donors (Lipinski definition) is 1. The van der Waals surface area contributed by atoms with Crippen LogP contribution in [-0.4, -0.2) is 26.3 Å². The fourth-order valence-corrected chi connectivity index (χ4v) is 3.06. The molecule has 0 amide bonds. The van der Waals surface area contributed by atoms with Crippen molar-refractivity contribution in [1.29, 1.82) is 0 Å². The predicted molar refractivity (Wildman–Crippen MR) is 80.8 cm³/mol. The van der Waals surface area contributed by atoms with Crippen molar-refractivity contribution in [2.75, 3.05) is 26.3 Å². The lowest BCUT2D eigenvalue weighted by atomic mass is 9.87. The molecule has 0 unspecified atom stereocenters. The lowest BCUT2D eigenvalue weighted by molar-refractivity contribution is 0.140. The van der Waals surface area contributed by atoms with Crippen molar-refractivity contribution in [2.24, 2.45) is 5.41 Å². The average molecular weight is 275 g/mol. The lowest BCUT2D eigenvalue weighted by Gasteiger charge is -2.25. The smallest absolute Gasteiger partial charge is 0.161 e. The Hall–Kier alpha value is -1.22. The highest BCUT2D eigenvalue weighted by Gasteiger charge is 2.27. The molecular weight excluding hydrogens is 250 g/mol. The van der Waals surface area contributed by atoms with Gasteiger partial charge in [-0.05, 0) is 62.0 Å². The van der Waals surface area contributed by atoms with Crippen molar-refractivity contribution in [3.8, 4) is 11.5 Å². The van der Waals surface area contributed by atoms with Gasteiger partial charge in [-0.25, -0.2) is 0 Å². The number of aryl methyl sites for hydroxylation is 1. The number of rotatable bonds is 1. The van der Waals surface area contributed by atoms with Gasteiger partial charge in [0.15, 0.2) is 11.5 Å². The van der Waals surface area contributed by atoms with Gasteiger partial charge in [-0.2, -0.15) is 0 Å². The van der Waals surface area contributed by atoms with Gasteiger partial charge in [-0.1, -0.05) is 13.8 Å². The molecule has 0 spiro atoms. The van der Waals surface area contributed by atoms with Gasteiger partial charge < -0.3 is 14.8 Å². The van der Waals surface area contributed by atoms with Gasteiger partial charge in [0.2, 0.25) is 0 Å². The molecule has 2 aliphatic rings. The first-order chi connectivity index (χ1) is 9.55. The quantitative estimate of drug-likeness (QED) is 0.853. The van der Waals surface area contributed by atoms with E-state index in [0.717, 1.165) is 24.6 Å². The van der Waals surface area contributed by atoms with E-state index in [1.54, 1.807) is 0 Å². The Balaban J connectivity index is 1.89. The van der Waals surface area contributed by atoms with Crippen LogP contribution in [0.25, 0.3) is 0 Å². The van der Waals surface area contributed by atoms with E-state index in [1.165, 1.54) is 24.0 Å². The van der Waals surface area contributed by atoms with E-state index in [9.17, 15) is 0 Å². The highest BCUT2D eigenvalue weighted by molar-refractivity contribution is 5.48. The lowest BCUT2D eigenvalue weighted by Crippen LogP contribution is -2.27. The van der Waals surface area contributed by atoms with E-state index >= 15 is 0 Å². The minimum atomic E-state index is 0.0713. The molecule has 110 valence electrons. The monoisotopic (exact) mass is 275 g/mol. The first-order valence-corrected chi connectivity index (χ1v) is 7.66.